The van der Waals surface area contributed by atoms with Crippen molar-refractivity contribution in [2.45, 2.75) is 83.5 Å². The van der Waals surface area contributed by atoms with E-state index in [-0.39, 0.29) is 23.9 Å². The van der Waals surface area contributed by atoms with Crippen molar-refractivity contribution in [3.8, 4) is 5.75 Å². The van der Waals surface area contributed by atoms with E-state index in [9.17, 15) is 9.59 Å². The Morgan fingerprint density at radius 1 is 0.905 bits per heavy atom. The molecule has 3 N–H and O–H groups in total. The number of hydrogen-bond acceptors (Lipinski definition) is 6. The van der Waals surface area contributed by atoms with E-state index in [2.05, 4.69) is 34.7 Å². The van der Waals surface area contributed by atoms with Crippen molar-refractivity contribution in [1.29, 1.82) is 0 Å². The maximum absolute atomic E-state index is 13.6. The van der Waals surface area contributed by atoms with Crippen molar-refractivity contribution >= 4 is 11.8 Å². The highest BCUT2D eigenvalue weighted by atomic mass is 16.5. The van der Waals surface area contributed by atoms with Crippen LogP contribution in [0.25, 0.3) is 0 Å². The minimum atomic E-state index is -0.666. The van der Waals surface area contributed by atoms with Gasteiger partial charge in [0.15, 0.2) is 0 Å². The summed E-state index contributed by atoms with van der Waals surface area (Å²) < 4.78 is 11.5. The molecule has 2 atom stereocenters. The zero-order valence-corrected chi connectivity index (χ0v) is 25.5. The average molecular weight is 579 g/mol. The summed E-state index contributed by atoms with van der Waals surface area (Å²) in [5.74, 6) is 0.855. The number of benzene rings is 2. The quantitative estimate of drug-likeness (QED) is 0.295. The lowest BCUT2D eigenvalue weighted by Crippen LogP contribution is -2.56. The standard InChI is InChI=1S/C34H50N4O4/c1-26(2)23-31(36-29-15-21-41-22-16-29)34(40)37-32(33(39)35-17-20-38-18-7-4-8-19-38)24-27-11-13-30(14-12-27)42-25-28-9-5-3-6-10-28/h3,5-6,9-14,26,29,31-32,36H,4,7-8,15-25H2,1-2H3,(H,35,39)(H,37,40)/t31-,32-/m0/s1. The van der Waals surface area contributed by atoms with Crippen molar-refractivity contribution < 1.29 is 19.1 Å². The van der Waals surface area contributed by atoms with E-state index < -0.39 is 6.04 Å². The fourth-order valence-electron chi connectivity index (χ4n) is 5.69. The van der Waals surface area contributed by atoms with Gasteiger partial charge in [-0.1, -0.05) is 62.7 Å². The molecule has 2 saturated heterocycles. The molecule has 8 heteroatoms. The summed E-state index contributed by atoms with van der Waals surface area (Å²) in [6.07, 6.45) is 6.62. The lowest BCUT2D eigenvalue weighted by atomic mass is 9.99. The third kappa shape index (κ3) is 11.0. The van der Waals surface area contributed by atoms with Crippen LogP contribution < -0.4 is 20.7 Å². The van der Waals surface area contributed by atoms with Gasteiger partial charge in [-0.2, -0.15) is 0 Å². The average Bonchev–Trinajstić information content (AvgIpc) is 3.01. The molecule has 8 nitrogen and oxygen atoms in total. The van der Waals surface area contributed by atoms with Crippen LogP contribution in [0, 0.1) is 5.92 Å². The van der Waals surface area contributed by atoms with Crippen LogP contribution >= 0.6 is 0 Å². The summed E-state index contributed by atoms with van der Waals surface area (Å²) >= 11 is 0. The van der Waals surface area contributed by atoms with Gasteiger partial charge in [0.2, 0.25) is 11.8 Å². The highest BCUT2D eigenvalue weighted by Gasteiger charge is 2.29. The molecule has 2 aliphatic heterocycles. The molecule has 0 bridgehead atoms. The summed E-state index contributed by atoms with van der Waals surface area (Å²) in [6, 6.07) is 17.1. The minimum Gasteiger partial charge on any atom is -0.489 e. The van der Waals surface area contributed by atoms with E-state index >= 15 is 0 Å². The van der Waals surface area contributed by atoms with E-state index in [1.165, 1.54) is 19.3 Å². The van der Waals surface area contributed by atoms with Crippen LogP contribution in [0.5, 0.6) is 5.75 Å². The highest BCUT2D eigenvalue weighted by Crippen LogP contribution is 2.17. The summed E-state index contributed by atoms with van der Waals surface area (Å²) in [5, 5.41) is 9.80. The molecule has 0 saturated carbocycles. The lowest BCUT2D eigenvalue weighted by Gasteiger charge is -2.30. The Morgan fingerprint density at radius 3 is 2.31 bits per heavy atom. The Hall–Kier alpha value is -2.94. The maximum Gasteiger partial charge on any atom is 0.242 e. The first kappa shape index (κ1) is 32.0. The molecule has 0 unspecified atom stereocenters. The number of carbonyl (C=O) groups excluding carboxylic acids is 2. The number of piperidine rings is 1. The number of likely N-dealkylation sites (tertiary alicyclic amines) is 1. The van der Waals surface area contributed by atoms with Gasteiger partial charge < -0.3 is 30.3 Å². The second-order valence-electron chi connectivity index (χ2n) is 12.1. The molecular weight excluding hydrogens is 528 g/mol. The zero-order valence-electron chi connectivity index (χ0n) is 25.5. The van der Waals surface area contributed by atoms with Crippen LogP contribution in [-0.2, 0) is 27.4 Å². The largest absolute Gasteiger partial charge is 0.489 e. The Bertz CT molecular complexity index is 1070. The predicted octanol–water partition coefficient (Wildman–Crippen LogP) is 4.08. The van der Waals surface area contributed by atoms with Crippen LogP contribution in [-0.4, -0.2) is 74.2 Å². The second-order valence-corrected chi connectivity index (χ2v) is 12.1. The van der Waals surface area contributed by atoms with Crippen molar-refractivity contribution in [1.82, 2.24) is 20.9 Å². The molecule has 0 aromatic heterocycles. The van der Waals surface area contributed by atoms with Crippen LogP contribution in [0.4, 0.5) is 0 Å². The van der Waals surface area contributed by atoms with E-state index in [0.717, 1.165) is 49.4 Å². The van der Waals surface area contributed by atoms with E-state index in [4.69, 9.17) is 9.47 Å². The molecule has 2 amide bonds. The summed E-state index contributed by atoms with van der Waals surface area (Å²) in [4.78, 5) is 29.5. The smallest absolute Gasteiger partial charge is 0.242 e. The Balaban J connectivity index is 1.39. The third-order valence-electron chi connectivity index (χ3n) is 8.10. The third-order valence-corrected chi connectivity index (χ3v) is 8.10. The maximum atomic E-state index is 13.6. The SMILES string of the molecule is CC(C)C[C@H](NC1CCOCC1)C(=O)N[C@@H](Cc1ccc(OCc2ccccc2)cc1)C(=O)NCCN1CCCCC1. The molecular formula is C34H50N4O4. The topological polar surface area (TPSA) is 91.9 Å². The molecule has 2 fully saturated rings. The van der Waals surface area contributed by atoms with Crippen molar-refractivity contribution in [2.24, 2.45) is 5.92 Å². The molecule has 0 spiro atoms. The predicted molar refractivity (Wildman–Crippen MR) is 166 cm³/mol. The molecule has 2 aromatic rings. The summed E-state index contributed by atoms with van der Waals surface area (Å²) in [7, 11) is 0. The number of nitrogens with zero attached hydrogens (tertiary/aromatic N) is 1. The minimum absolute atomic E-state index is 0.116. The molecule has 2 aromatic carbocycles. The molecule has 4 rings (SSSR count). The monoisotopic (exact) mass is 578 g/mol. The number of nitrogens with one attached hydrogen (secondary N) is 3. The van der Waals surface area contributed by atoms with Gasteiger partial charge in [0.05, 0.1) is 6.04 Å². The molecule has 0 radical (unpaired) electrons. The zero-order chi connectivity index (χ0) is 29.6. The van der Waals surface area contributed by atoms with Gasteiger partial charge >= 0.3 is 0 Å². The fraction of sp³-hybridized carbons (Fsp3) is 0.588. The van der Waals surface area contributed by atoms with Crippen LogP contribution in [0.3, 0.4) is 0 Å². The first-order chi connectivity index (χ1) is 20.5. The Morgan fingerprint density at radius 2 is 1.62 bits per heavy atom. The van der Waals surface area contributed by atoms with Crippen molar-refractivity contribution in [3.63, 3.8) is 0 Å². The number of rotatable bonds is 15. The number of amides is 2. The highest BCUT2D eigenvalue weighted by molar-refractivity contribution is 5.90. The van der Waals surface area contributed by atoms with Crippen molar-refractivity contribution in [2.75, 3.05) is 39.4 Å². The van der Waals surface area contributed by atoms with Crippen LogP contribution in [0.2, 0.25) is 0 Å². The Labute approximate surface area is 251 Å². The summed E-state index contributed by atoms with van der Waals surface area (Å²) in [5.41, 5.74) is 2.08. The van der Waals surface area contributed by atoms with Crippen LogP contribution in [0.15, 0.2) is 54.6 Å². The van der Waals surface area contributed by atoms with Crippen LogP contribution in [0.1, 0.15) is 63.5 Å². The van der Waals surface area contributed by atoms with Gasteiger partial charge in [-0.05, 0) is 74.4 Å². The number of carbonyl (C=O) groups is 2. The van der Waals surface area contributed by atoms with Gasteiger partial charge in [0.1, 0.15) is 18.4 Å². The van der Waals surface area contributed by atoms with Gasteiger partial charge in [-0.25, -0.2) is 0 Å². The molecule has 230 valence electrons. The fourth-order valence-corrected chi connectivity index (χ4v) is 5.69. The van der Waals surface area contributed by atoms with Gasteiger partial charge in [0, 0.05) is 38.8 Å². The second kappa shape index (κ2) is 17.2. The van der Waals surface area contributed by atoms with Gasteiger partial charge in [-0.15, -0.1) is 0 Å². The van der Waals surface area contributed by atoms with E-state index in [1.54, 1.807) is 0 Å². The number of hydrogen-bond donors (Lipinski definition) is 3. The Kier molecular flexibility index (Phi) is 13.1. The van der Waals surface area contributed by atoms with Gasteiger partial charge in [-0.3, -0.25) is 9.59 Å². The van der Waals surface area contributed by atoms with Crippen molar-refractivity contribution in [3.05, 3.63) is 65.7 Å². The van der Waals surface area contributed by atoms with E-state index in [0.29, 0.717) is 45.1 Å². The molecule has 0 aliphatic carbocycles. The first-order valence-corrected chi connectivity index (χ1v) is 15.9. The normalized spacial score (nSPS) is 17.9. The molecule has 42 heavy (non-hydrogen) atoms. The van der Waals surface area contributed by atoms with E-state index in [1.807, 2.05) is 54.6 Å². The molecule has 2 aliphatic rings. The van der Waals surface area contributed by atoms with Gasteiger partial charge in [0.25, 0.3) is 0 Å². The number of ether oxygens (including phenoxy) is 2. The first-order valence-electron chi connectivity index (χ1n) is 15.9. The summed E-state index contributed by atoms with van der Waals surface area (Å²) in [6.45, 7) is 9.74. The lowest BCUT2D eigenvalue weighted by molar-refractivity contribution is -0.130. The molecule has 2 heterocycles.